The van der Waals surface area contributed by atoms with Crippen molar-refractivity contribution in [2.75, 3.05) is 12.3 Å². The number of rotatable bonds is 5. The Labute approximate surface area is 175 Å². The zero-order valence-electron chi connectivity index (χ0n) is 14.8. The summed E-state index contributed by atoms with van der Waals surface area (Å²) in [5.74, 6) is 0.226. The van der Waals surface area contributed by atoms with E-state index in [1.54, 1.807) is 11.8 Å². The zero-order chi connectivity index (χ0) is 21.2. The highest BCUT2D eigenvalue weighted by Crippen LogP contribution is 2.36. The number of benzene rings is 2. The van der Waals surface area contributed by atoms with Crippen molar-refractivity contribution in [3.8, 4) is 0 Å². The first-order valence-electron chi connectivity index (χ1n) is 8.45. The third-order valence-corrected chi connectivity index (χ3v) is 7.12. The van der Waals surface area contributed by atoms with E-state index in [1.165, 1.54) is 0 Å². The average Bonchev–Trinajstić information content (AvgIpc) is 2.66. The first-order chi connectivity index (χ1) is 13.6. The molecule has 0 saturated heterocycles. The van der Waals surface area contributed by atoms with Gasteiger partial charge >= 0.3 is 6.18 Å². The van der Waals surface area contributed by atoms with Crippen LogP contribution in [0.1, 0.15) is 23.6 Å². The molecule has 5 nitrogen and oxygen atoms in total. The first kappa shape index (κ1) is 21.9. The van der Waals surface area contributed by atoms with Crippen molar-refractivity contribution in [3.63, 3.8) is 0 Å². The second-order valence-corrected chi connectivity index (χ2v) is 9.57. The predicted octanol–water partition coefficient (Wildman–Crippen LogP) is 3.99. The normalized spacial score (nSPS) is 16.9. The number of thioether (sulfide) groups is 1. The largest absolute Gasteiger partial charge is 0.417 e. The number of hydrogen-bond acceptors (Lipinski definition) is 4. The van der Waals surface area contributed by atoms with Crippen LogP contribution < -0.4 is 10.0 Å². The number of nitrogens with one attached hydrogen (secondary N) is 2. The lowest BCUT2D eigenvalue weighted by atomic mass is 10.0. The molecule has 0 aromatic heterocycles. The van der Waals surface area contributed by atoms with E-state index in [-0.39, 0.29) is 6.04 Å². The third-order valence-electron chi connectivity index (χ3n) is 4.27. The topological polar surface area (TPSA) is 75.3 Å². The van der Waals surface area contributed by atoms with Crippen LogP contribution >= 0.6 is 23.4 Å². The molecule has 1 aliphatic rings. The maximum atomic E-state index is 12.9. The summed E-state index contributed by atoms with van der Waals surface area (Å²) < 4.78 is 65.5. The molecule has 0 saturated carbocycles. The molecular formula is C18H16ClF3N2O3S2. The van der Waals surface area contributed by atoms with Gasteiger partial charge in [0.05, 0.1) is 28.1 Å². The highest BCUT2D eigenvalue weighted by molar-refractivity contribution is 7.99. The summed E-state index contributed by atoms with van der Waals surface area (Å²) in [5, 5.41) is 2.16. The molecule has 0 spiro atoms. The van der Waals surface area contributed by atoms with Crippen LogP contribution in [0.25, 0.3) is 0 Å². The summed E-state index contributed by atoms with van der Waals surface area (Å²) in [6, 6.07) is 9.58. The van der Waals surface area contributed by atoms with Gasteiger partial charge in [0.1, 0.15) is 0 Å². The molecular weight excluding hydrogens is 449 g/mol. The molecule has 1 aliphatic heterocycles. The second-order valence-electron chi connectivity index (χ2n) is 6.26. The van der Waals surface area contributed by atoms with Gasteiger partial charge in [-0.15, -0.1) is 11.8 Å². The molecule has 2 N–H and O–H groups in total. The predicted molar refractivity (Wildman–Crippen MR) is 104 cm³/mol. The number of fused-ring (bicyclic) bond motifs is 1. The molecule has 29 heavy (non-hydrogen) atoms. The van der Waals surface area contributed by atoms with Gasteiger partial charge in [0.25, 0.3) is 0 Å². The van der Waals surface area contributed by atoms with Gasteiger partial charge in [-0.3, -0.25) is 4.79 Å². The van der Waals surface area contributed by atoms with Crippen LogP contribution in [0, 0.1) is 0 Å². The van der Waals surface area contributed by atoms with Crippen molar-refractivity contribution >= 4 is 39.3 Å². The van der Waals surface area contributed by atoms with Crippen molar-refractivity contribution in [3.05, 3.63) is 58.6 Å². The van der Waals surface area contributed by atoms with E-state index < -0.39 is 44.1 Å². The van der Waals surface area contributed by atoms with Crippen LogP contribution in [0.3, 0.4) is 0 Å². The summed E-state index contributed by atoms with van der Waals surface area (Å²) in [6.45, 7) is -0.599. The Bertz CT molecular complexity index is 1030. The fraction of sp³-hybridized carbons (Fsp3) is 0.278. The quantitative estimate of drug-likeness (QED) is 0.701. The summed E-state index contributed by atoms with van der Waals surface area (Å²) in [5.41, 5.74) is -0.310. The molecule has 2 aromatic carbocycles. The first-order valence-corrected chi connectivity index (χ1v) is 11.3. The van der Waals surface area contributed by atoms with E-state index in [4.69, 9.17) is 11.6 Å². The molecule has 3 rings (SSSR count). The van der Waals surface area contributed by atoms with Crippen LogP contribution in [-0.2, 0) is 21.0 Å². The van der Waals surface area contributed by atoms with E-state index >= 15 is 0 Å². The third kappa shape index (κ3) is 5.25. The fourth-order valence-corrected chi connectivity index (χ4v) is 5.23. The van der Waals surface area contributed by atoms with Crippen LogP contribution in [0.15, 0.2) is 52.3 Å². The van der Waals surface area contributed by atoms with E-state index in [1.807, 2.05) is 29.0 Å². The van der Waals surface area contributed by atoms with Gasteiger partial charge in [0, 0.05) is 10.6 Å². The lowest BCUT2D eigenvalue weighted by Crippen LogP contribution is -2.39. The molecule has 11 heteroatoms. The maximum absolute atomic E-state index is 12.9. The molecule has 156 valence electrons. The molecule has 1 heterocycles. The van der Waals surface area contributed by atoms with Gasteiger partial charge in [0.15, 0.2) is 0 Å². The minimum absolute atomic E-state index is 0.253. The Morgan fingerprint density at radius 2 is 1.93 bits per heavy atom. The van der Waals surface area contributed by atoms with Gasteiger partial charge in [0.2, 0.25) is 15.9 Å². The monoisotopic (exact) mass is 464 g/mol. The number of alkyl halides is 3. The van der Waals surface area contributed by atoms with Gasteiger partial charge in [-0.05, 0) is 36.2 Å². The maximum Gasteiger partial charge on any atom is 0.417 e. The Morgan fingerprint density at radius 3 is 2.66 bits per heavy atom. The smallest absolute Gasteiger partial charge is 0.348 e. The standard InChI is InChI=1S/C18H16ClF3N2O3S2/c19-14-6-5-11(9-13(14)18(20,21)22)29(26,27)23-10-17(25)24-15-7-8-28-16-4-2-1-3-12(15)16/h1-6,9,15,23H,7-8,10H2,(H,24,25)/t15-/m0/s1. The van der Waals surface area contributed by atoms with Crippen LogP contribution in [-0.4, -0.2) is 26.6 Å². The highest BCUT2D eigenvalue weighted by atomic mass is 35.5. The van der Waals surface area contributed by atoms with E-state index in [0.717, 1.165) is 28.3 Å². The summed E-state index contributed by atoms with van der Waals surface area (Å²) >= 11 is 7.18. The minimum atomic E-state index is -4.80. The summed E-state index contributed by atoms with van der Waals surface area (Å²) in [7, 11) is -4.33. The van der Waals surface area contributed by atoms with E-state index in [9.17, 15) is 26.4 Å². The fourth-order valence-electron chi connectivity index (χ4n) is 2.87. The Morgan fingerprint density at radius 1 is 1.21 bits per heavy atom. The lowest BCUT2D eigenvalue weighted by Gasteiger charge is -2.25. The highest BCUT2D eigenvalue weighted by Gasteiger charge is 2.34. The summed E-state index contributed by atoms with van der Waals surface area (Å²) in [4.78, 5) is 12.7. The van der Waals surface area contributed by atoms with E-state index in [2.05, 4.69) is 5.32 Å². The number of halogens is 4. The molecule has 0 unspecified atom stereocenters. The van der Waals surface area contributed by atoms with E-state index in [0.29, 0.717) is 12.5 Å². The molecule has 1 amide bonds. The molecule has 0 aliphatic carbocycles. The van der Waals surface area contributed by atoms with Gasteiger partial charge in [-0.2, -0.15) is 13.2 Å². The van der Waals surface area contributed by atoms with Crippen molar-refractivity contribution in [1.82, 2.24) is 10.0 Å². The number of carbonyl (C=O) groups is 1. The van der Waals surface area contributed by atoms with Gasteiger partial charge in [-0.25, -0.2) is 13.1 Å². The number of hydrogen-bond donors (Lipinski definition) is 2. The second kappa shape index (κ2) is 8.55. The molecule has 1 atom stereocenters. The minimum Gasteiger partial charge on any atom is -0.348 e. The molecule has 2 aromatic rings. The van der Waals surface area contributed by atoms with Gasteiger partial charge < -0.3 is 5.32 Å². The van der Waals surface area contributed by atoms with Crippen LogP contribution in [0.5, 0.6) is 0 Å². The average molecular weight is 465 g/mol. The van der Waals surface area contributed by atoms with Crippen LogP contribution in [0.2, 0.25) is 5.02 Å². The lowest BCUT2D eigenvalue weighted by molar-refractivity contribution is -0.137. The SMILES string of the molecule is O=C(CNS(=O)(=O)c1ccc(Cl)c(C(F)(F)F)c1)N[C@H]1CCSc2ccccc21. The molecule has 0 radical (unpaired) electrons. The van der Waals surface area contributed by atoms with Crippen LogP contribution in [0.4, 0.5) is 13.2 Å². The zero-order valence-corrected chi connectivity index (χ0v) is 17.2. The molecule has 0 fully saturated rings. The number of sulfonamides is 1. The number of carbonyl (C=O) groups excluding carboxylic acids is 1. The Kier molecular flexibility index (Phi) is 6.47. The Balaban J connectivity index is 1.68. The van der Waals surface area contributed by atoms with Crippen molar-refractivity contribution in [2.24, 2.45) is 0 Å². The number of amides is 1. The van der Waals surface area contributed by atoms with Crippen molar-refractivity contribution < 1.29 is 26.4 Å². The van der Waals surface area contributed by atoms with Crippen molar-refractivity contribution in [1.29, 1.82) is 0 Å². The Hall–Kier alpha value is -1.75. The van der Waals surface area contributed by atoms with Gasteiger partial charge in [-0.1, -0.05) is 29.8 Å². The molecule has 0 bridgehead atoms. The van der Waals surface area contributed by atoms with Crippen molar-refractivity contribution in [2.45, 2.75) is 28.4 Å². The summed E-state index contributed by atoms with van der Waals surface area (Å²) in [6.07, 6.45) is -4.11.